The number of nitrogens with one attached hydrogen (secondary N) is 1. The average molecular weight is 297 g/mol. The Hall–Kier alpha value is -2.07. The summed E-state index contributed by atoms with van der Waals surface area (Å²) in [5, 5.41) is 3.33. The monoisotopic (exact) mass is 297 g/mol. The summed E-state index contributed by atoms with van der Waals surface area (Å²) < 4.78 is 2.15. The fourth-order valence-corrected chi connectivity index (χ4v) is 3.25. The first-order chi connectivity index (χ1) is 10.6. The van der Waals surface area contributed by atoms with Crippen molar-refractivity contribution in [2.45, 2.75) is 26.8 Å². The summed E-state index contributed by atoms with van der Waals surface area (Å²) in [4.78, 5) is 14.9. The Morgan fingerprint density at radius 2 is 1.95 bits per heavy atom. The van der Waals surface area contributed by atoms with Crippen molar-refractivity contribution in [3.05, 3.63) is 53.3 Å². The smallest absolute Gasteiger partial charge is 0.256 e. The maximum absolute atomic E-state index is 12.9. The molecule has 116 valence electrons. The van der Waals surface area contributed by atoms with Gasteiger partial charge in [0.1, 0.15) is 0 Å². The zero-order valence-corrected chi connectivity index (χ0v) is 13.5. The van der Waals surface area contributed by atoms with Gasteiger partial charge in [-0.05, 0) is 39.0 Å². The number of piperazine rings is 1. The number of benzene rings is 1. The summed E-state index contributed by atoms with van der Waals surface area (Å²) in [6, 6.07) is 12.4. The SMILES string of the molecule is Cc1cc(C(=O)N2CCNC[C@H]2C)c(C)n1-c1ccccc1. The topological polar surface area (TPSA) is 37.3 Å². The third kappa shape index (κ3) is 2.55. The first-order valence-corrected chi connectivity index (χ1v) is 7.85. The Bertz CT molecular complexity index is 675. The van der Waals surface area contributed by atoms with E-state index in [9.17, 15) is 4.79 Å². The van der Waals surface area contributed by atoms with Gasteiger partial charge in [-0.25, -0.2) is 0 Å². The third-order valence-corrected chi connectivity index (χ3v) is 4.44. The second-order valence-corrected chi connectivity index (χ2v) is 6.01. The predicted octanol–water partition coefficient (Wildman–Crippen LogP) is 2.53. The number of nitrogens with zero attached hydrogens (tertiary/aromatic N) is 2. The number of rotatable bonds is 2. The van der Waals surface area contributed by atoms with Gasteiger partial charge in [0.2, 0.25) is 0 Å². The van der Waals surface area contributed by atoms with E-state index in [0.717, 1.165) is 42.3 Å². The molecule has 0 unspecified atom stereocenters. The second kappa shape index (κ2) is 5.97. The quantitative estimate of drug-likeness (QED) is 0.925. The molecule has 2 heterocycles. The fraction of sp³-hybridized carbons (Fsp3) is 0.389. The molecule has 1 aliphatic rings. The van der Waals surface area contributed by atoms with Crippen LogP contribution in [0.5, 0.6) is 0 Å². The zero-order chi connectivity index (χ0) is 15.7. The highest BCUT2D eigenvalue weighted by molar-refractivity contribution is 5.96. The summed E-state index contributed by atoms with van der Waals surface area (Å²) in [5.41, 5.74) is 4.02. The van der Waals surface area contributed by atoms with Gasteiger partial charge in [-0.2, -0.15) is 0 Å². The van der Waals surface area contributed by atoms with Crippen LogP contribution in [0.3, 0.4) is 0 Å². The molecule has 0 saturated carbocycles. The highest BCUT2D eigenvalue weighted by Crippen LogP contribution is 2.22. The summed E-state index contributed by atoms with van der Waals surface area (Å²) in [6.07, 6.45) is 0. The van der Waals surface area contributed by atoms with E-state index in [4.69, 9.17) is 0 Å². The van der Waals surface area contributed by atoms with Crippen LogP contribution in [0.15, 0.2) is 36.4 Å². The molecule has 1 fully saturated rings. The van der Waals surface area contributed by atoms with Gasteiger partial charge in [0, 0.05) is 42.8 Å². The number of aryl methyl sites for hydroxylation is 1. The van der Waals surface area contributed by atoms with Crippen molar-refractivity contribution < 1.29 is 4.79 Å². The van der Waals surface area contributed by atoms with Gasteiger partial charge in [-0.1, -0.05) is 18.2 Å². The van der Waals surface area contributed by atoms with E-state index in [0.29, 0.717) is 0 Å². The normalized spacial score (nSPS) is 18.5. The van der Waals surface area contributed by atoms with E-state index in [2.05, 4.69) is 35.9 Å². The Balaban J connectivity index is 1.97. The number of para-hydroxylation sites is 1. The summed E-state index contributed by atoms with van der Waals surface area (Å²) >= 11 is 0. The molecule has 1 saturated heterocycles. The van der Waals surface area contributed by atoms with Gasteiger partial charge in [0.25, 0.3) is 5.91 Å². The lowest BCUT2D eigenvalue weighted by Gasteiger charge is -2.34. The lowest BCUT2D eigenvalue weighted by molar-refractivity contribution is 0.0655. The minimum absolute atomic E-state index is 0.143. The van der Waals surface area contributed by atoms with Crippen LogP contribution in [0, 0.1) is 13.8 Å². The molecule has 4 nitrogen and oxygen atoms in total. The van der Waals surface area contributed by atoms with Crippen LogP contribution >= 0.6 is 0 Å². The molecule has 1 N–H and O–H groups in total. The molecular weight excluding hydrogens is 274 g/mol. The van der Waals surface area contributed by atoms with Gasteiger partial charge in [0.15, 0.2) is 0 Å². The van der Waals surface area contributed by atoms with Crippen LogP contribution in [0.1, 0.15) is 28.7 Å². The largest absolute Gasteiger partial charge is 0.333 e. The molecule has 0 bridgehead atoms. The number of carbonyl (C=O) groups excluding carboxylic acids is 1. The van der Waals surface area contributed by atoms with E-state index in [1.165, 1.54) is 0 Å². The second-order valence-electron chi connectivity index (χ2n) is 6.01. The molecule has 3 rings (SSSR count). The minimum atomic E-state index is 0.143. The first kappa shape index (κ1) is 14.9. The van der Waals surface area contributed by atoms with Gasteiger partial charge in [-0.3, -0.25) is 4.79 Å². The first-order valence-electron chi connectivity index (χ1n) is 7.85. The molecule has 0 spiro atoms. The predicted molar refractivity (Wildman–Crippen MR) is 88.6 cm³/mol. The molecule has 1 aromatic carbocycles. The van der Waals surface area contributed by atoms with E-state index >= 15 is 0 Å². The zero-order valence-electron chi connectivity index (χ0n) is 13.5. The van der Waals surface area contributed by atoms with Crippen molar-refractivity contribution in [2.24, 2.45) is 0 Å². The Labute approximate surface area is 131 Å². The van der Waals surface area contributed by atoms with Crippen molar-refractivity contribution in [3.8, 4) is 5.69 Å². The average Bonchev–Trinajstić information content (AvgIpc) is 2.83. The minimum Gasteiger partial charge on any atom is -0.333 e. The van der Waals surface area contributed by atoms with E-state index in [-0.39, 0.29) is 11.9 Å². The van der Waals surface area contributed by atoms with Crippen molar-refractivity contribution in [1.82, 2.24) is 14.8 Å². The van der Waals surface area contributed by atoms with Crippen LogP contribution in [0.2, 0.25) is 0 Å². The maximum atomic E-state index is 12.9. The lowest BCUT2D eigenvalue weighted by atomic mass is 10.1. The lowest BCUT2D eigenvalue weighted by Crippen LogP contribution is -2.52. The Kier molecular flexibility index (Phi) is 4.03. The van der Waals surface area contributed by atoms with Crippen molar-refractivity contribution in [3.63, 3.8) is 0 Å². The number of hydrogen-bond donors (Lipinski definition) is 1. The van der Waals surface area contributed by atoms with Gasteiger partial charge in [0.05, 0.1) is 5.56 Å². The molecule has 4 heteroatoms. The highest BCUT2D eigenvalue weighted by atomic mass is 16.2. The van der Waals surface area contributed by atoms with Gasteiger partial charge < -0.3 is 14.8 Å². The summed E-state index contributed by atoms with van der Waals surface area (Å²) in [7, 11) is 0. The molecular formula is C18H23N3O. The summed E-state index contributed by atoms with van der Waals surface area (Å²) in [5.74, 6) is 0.143. The van der Waals surface area contributed by atoms with Crippen molar-refractivity contribution in [2.75, 3.05) is 19.6 Å². The molecule has 1 amide bonds. The summed E-state index contributed by atoms with van der Waals surface area (Å²) in [6.45, 7) is 8.68. The molecule has 1 atom stereocenters. The number of carbonyl (C=O) groups is 1. The van der Waals surface area contributed by atoms with Crippen LogP contribution < -0.4 is 5.32 Å². The Morgan fingerprint density at radius 1 is 1.23 bits per heavy atom. The van der Waals surface area contributed by atoms with E-state index < -0.39 is 0 Å². The molecule has 0 aliphatic carbocycles. The van der Waals surface area contributed by atoms with Gasteiger partial charge in [-0.15, -0.1) is 0 Å². The van der Waals surface area contributed by atoms with Crippen LogP contribution in [0.4, 0.5) is 0 Å². The van der Waals surface area contributed by atoms with Crippen molar-refractivity contribution >= 4 is 5.91 Å². The third-order valence-electron chi connectivity index (χ3n) is 4.44. The highest BCUT2D eigenvalue weighted by Gasteiger charge is 2.27. The molecule has 0 radical (unpaired) electrons. The number of amides is 1. The molecule has 22 heavy (non-hydrogen) atoms. The number of aromatic nitrogens is 1. The number of hydrogen-bond acceptors (Lipinski definition) is 2. The van der Waals surface area contributed by atoms with Crippen molar-refractivity contribution in [1.29, 1.82) is 0 Å². The standard InChI is InChI=1S/C18H23N3O/c1-13-11-17(18(22)20-10-9-19-12-14(20)2)15(3)21(13)16-7-5-4-6-8-16/h4-8,11,14,19H,9-10,12H2,1-3H3/t14-/m1/s1. The fourth-order valence-electron chi connectivity index (χ4n) is 3.25. The molecule has 1 aromatic heterocycles. The van der Waals surface area contributed by atoms with E-state index in [1.54, 1.807) is 0 Å². The van der Waals surface area contributed by atoms with Crippen LogP contribution in [-0.4, -0.2) is 41.1 Å². The molecule has 2 aromatic rings. The van der Waals surface area contributed by atoms with Crippen LogP contribution in [0.25, 0.3) is 5.69 Å². The van der Waals surface area contributed by atoms with Crippen LogP contribution in [-0.2, 0) is 0 Å². The van der Waals surface area contributed by atoms with Gasteiger partial charge >= 0.3 is 0 Å². The maximum Gasteiger partial charge on any atom is 0.256 e. The van der Waals surface area contributed by atoms with E-state index in [1.807, 2.05) is 36.1 Å². The Morgan fingerprint density at radius 3 is 2.64 bits per heavy atom. The molecule has 1 aliphatic heterocycles.